The molecule has 2 aromatic rings. The van der Waals surface area contributed by atoms with Crippen molar-refractivity contribution in [1.29, 1.82) is 0 Å². The van der Waals surface area contributed by atoms with Crippen molar-refractivity contribution in [2.75, 3.05) is 4.90 Å². The summed E-state index contributed by atoms with van der Waals surface area (Å²) in [6.07, 6.45) is 0.616. The minimum atomic E-state index is -1.41. The predicted molar refractivity (Wildman–Crippen MR) is 103 cm³/mol. The van der Waals surface area contributed by atoms with Crippen molar-refractivity contribution in [3.8, 4) is 11.5 Å². The molecule has 1 heterocycles. The molecule has 0 radical (unpaired) electrons. The lowest BCUT2D eigenvalue weighted by Gasteiger charge is -2.18. The van der Waals surface area contributed by atoms with E-state index in [1.807, 2.05) is 41.3 Å². The molecule has 1 amide bonds. The molecule has 2 nitrogen and oxygen atoms in total. The van der Waals surface area contributed by atoms with Crippen molar-refractivity contribution in [3.05, 3.63) is 65.7 Å². The Labute approximate surface area is 145 Å². The Balaban J connectivity index is 1.87. The first-order valence-electron chi connectivity index (χ1n) is 8.40. The van der Waals surface area contributed by atoms with Gasteiger partial charge in [0.1, 0.15) is 8.07 Å². The second-order valence-corrected chi connectivity index (χ2v) is 12.0. The molecule has 0 fully saturated rings. The maximum Gasteiger partial charge on any atom is 0.235 e. The number of carbonyl (C=O) groups excluding carboxylic acids is 1. The summed E-state index contributed by atoms with van der Waals surface area (Å²) in [4.78, 5) is 14.9. The Morgan fingerprint density at radius 2 is 1.67 bits per heavy atom. The van der Waals surface area contributed by atoms with Gasteiger partial charge in [0.15, 0.2) is 0 Å². The molecule has 0 spiro atoms. The quantitative estimate of drug-likeness (QED) is 0.594. The van der Waals surface area contributed by atoms with Crippen LogP contribution in [0.3, 0.4) is 0 Å². The fourth-order valence-electron chi connectivity index (χ4n) is 3.01. The number of anilines is 1. The van der Waals surface area contributed by atoms with Gasteiger partial charge in [-0.25, -0.2) is 0 Å². The Hall–Kier alpha value is -2.31. The number of nitrogens with zero attached hydrogens (tertiary/aromatic N) is 1. The molecular weight excluding hydrogens is 310 g/mol. The topological polar surface area (TPSA) is 20.3 Å². The molecule has 1 aliphatic rings. The van der Waals surface area contributed by atoms with Crippen LogP contribution in [0.15, 0.2) is 54.6 Å². The van der Waals surface area contributed by atoms with Crippen LogP contribution in [-0.2, 0) is 11.3 Å². The highest BCUT2D eigenvalue weighted by molar-refractivity contribution is 6.83. The van der Waals surface area contributed by atoms with Gasteiger partial charge in [-0.05, 0) is 17.2 Å². The molecule has 0 bridgehead atoms. The molecule has 0 aliphatic carbocycles. The van der Waals surface area contributed by atoms with Crippen LogP contribution in [0.4, 0.5) is 5.69 Å². The largest absolute Gasteiger partial charge is 0.307 e. The van der Waals surface area contributed by atoms with Gasteiger partial charge in [0, 0.05) is 12.1 Å². The van der Waals surface area contributed by atoms with Gasteiger partial charge in [0.05, 0.1) is 12.5 Å². The average Bonchev–Trinajstić information content (AvgIpc) is 2.81. The Kier molecular flexibility index (Phi) is 4.59. The van der Waals surface area contributed by atoms with E-state index in [2.05, 4.69) is 49.3 Å². The molecule has 122 valence electrons. The highest BCUT2D eigenvalue weighted by Gasteiger charge is 2.36. The summed E-state index contributed by atoms with van der Waals surface area (Å²) >= 11 is 0. The van der Waals surface area contributed by atoms with Crippen LogP contribution in [0.1, 0.15) is 23.5 Å². The normalized spacial score (nSPS) is 16.5. The molecule has 1 aliphatic heterocycles. The number of rotatable bonds is 3. The molecule has 1 atom stereocenters. The van der Waals surface area contributed by atoms with Crippen molar-refractivity contribution in [2.24, 2.45) is 0 Å². The highest BCUT2D eigenvalue weighted by Crippen LogP contribution is 2.39. The monoisotopic (exact) mass is 333 g/mol. The van der Waals surface area contributed by atoms with E-state index in [0.29, 0.717) is 13.0 Å². The van der Waals surface area contributed by atoms with Crippen LogP contribution in [-0.4, -0.2) is 14.0 Å². The number of fused-ring (bicyclic) bond motifs is 1. The zero-order valence-corrected chi connectivity index (χ0v) is 15.5. The zero-order valence-electron chi connectivity index (χ0n) is 14.5. The van der Waals surface area contributed by atoms with Crippen molar-refractivity contribution in [1.82, 2.24) is 0 Å². The van der Waals surface area contributed by atoms with E-state index in [1.165, 1.54) is 0 Å². The summed E-state index contributed by atoms with van der Waals surface area (Å²) < 4.78 is 0. The summed E-state index contributed by atoms with van der Waals surface area (Å²) in [5, 5.41) is 0. The number of amides is 1. The SMILES string of the molecule is C[Si](C)(C)C#CCC1C(=O)N(Cc2ccccc2)c2ccccc21. The number of hydrogen-bond donors (Lipinski definition) is 0. The smallest absolute Gasteiger partial charge is 0.235 e. The maximum absolute atomic E-state index is 13.0. The first-order chi connectivity index (χ1) is 11.5. The molecule has 0 N–H and O–H groups in total. The summed E-state index contributed by atoms with van der Waals surface area (Å²) in [7, 11) is -1.41. The van der Waals surface area contributed by atoms with E-state index < -0.39 is 8.07 Å². The van der Waals surface area contributed by atoms with Crippen LogP contribution in [0.2, 0.25) is 19.6 Å². The van der Waals surface area contributed by atoms with E-state index in [-0.39, 0.29) is 11.8 Å². The Bertz CT molecular complexity index is 796. The zero-order chi connectivity index (χ0) is 17.2. The van der Waals surface area contributed by atoms with Gasteiger partial charge in [0.2, 0.25) is 5.91 Å². The van der Waals surface area contributed by atoms with E-state index in [9.17, 15) is 4.79 Å². The van der Waals surface area contributed by atoms with Gasteiger partial charge in [-0.3, -0.25) is 4.79 Å². The van der Waals surface area contributed by atoms with E-state index in [0.717, 1.165) is 16.8 Å². The van der Waals surface area contributed by atoms with Gasteiger partial charge in [-0.2, -0.15) is 0 Å². The molecule has 24 heavy (non-hydrogen) atoms. The Morgan fingerprint density at radius 1 is 1.00 bits per heavy atom. The lowest BCUT2D eigenvalue weighted by atomic mass is 9.98. The number of benzene rings is 2. The lowest BCUT2D eigenvalue weighted by Crippen LogP contribution is -2.28. The Morgan fingerprint density at radius 3 is 2.38 bits per heavy atom. The van der Waals surface area contributed by atoms with Crippen LogP contribution in [0.5, 0.6) is 0 Å². The molecular formula is C21H23NOSi. The van der Waals surface area contributed by atoms with Crippen molar-refractivity contribution in [2.45, 2.75) is 38.5 Å². The standard InChI is InChI=1S/C21H23NOSi/c1-24(2,3)15-9-13-19-18-12-7-8-14-20(18)22(21(19)23)16-17-10-5-4-6-11-17/h4-8,10-12,14,19H,13,16H2,1-3H3. The first kappa shape index (κ1) is 16.5. The van der Waals surface area contributed by atoms with Crippen LogP contribution in [0, 0.1) is 11.5 Å². The van der Waals surface area contributed by atoms with E-state index in [1.54, 1.807) is 0 Å². The number of hydrogen-bond acceptors (Lipinski definition) is 1. The third-order valence-corrected chi connectivity index (χ3v) is 5.05. The maximum atomic E-state index is 13.0. The molecule has 2 aromatic carbocycles. The fraction of sp³-hybridized carbons (Fsp3) is 0.286. The van der Waals surface area contributed by atoms with Gasteiger partial charge in [-0.15, -0.1) is 11.5 Å². The van der Waals surface area contributed by atoms with Crippen LogP contribution in [0.25, 0.3) is 0 Å². The van der Waals surface area contributed by atoms with Gasteiger partial charge in [0.25, 0.3) is 0 Å². The van der Waals surface area contributed by atoms with Crippen molar-refractivity contribution < 1.29 is 4.79 Å². The summed E-state index contributed by atoms with van der Waals surface area (Å²) in [5.41, 5.74) is 6.68. The second kappa shape index (κ2) is 6.66. The van der Waals surface area contributed by atoms with E-state index in [4.69, 9.17) is 0 Å². The van der Waals surface area contributed by atoms with E-state index >= 15 is 0 Å². The van der Waals surface area contributed by atoms with Crippen molar-refractivity contribution in [3.63, 3.8) is 0 Å². The molecule has 3 rings (SSSR count). The molecule has 3 heteroatoms. The first-order valence-corrected chi connectivity index (χ1v) is 11.9. The summed E-state index contributed by atoms with van der Waals surface area (Å²) in [5.74, 6) is 3.33. The van der Waals surface area contributed by atoms with Crippen molar-refractivity contribution >= 4 is 19.7 Å². The minimum Gasteiger partial charge on any atom is -0.307 e. The fourth-order valence-corrected chi connectivity index (χ4v) is 3.64. The number of carbonyl (C=O) groups is 1. The van der Waals surface area contributed by atoms with Gasteiger partial charge >= 0.3 is 0 Å². The predicted octanol–water partition coefficient (Wildman–Crippen LogP) is 4.59. The van der Waals surface area contributed by atoms with Crippen LogP contribution >= 0.6 is 0 Å². The molecule has 0 saturated heterocycles. The lowest BCUT2D eigenvalue weighted by molar-refractivity contribution is -0.119. The van der Waals surface area contributed by atoms with Crippen LogP contribution < -0.4 is 4.90 Å². The third kappa shape index (κ3) is 3.60. The molecule has 0 saturated carbocycles. The second-order valence-electron chi connectivity index (χ2n) is 7.28. The highest BCUT2D eigenvalue weighted by atomic mass is 28.3. The average molecular weight is 334 g/mol. The molecule has 1 unspecified atom stereocenters. The summed E-state index contributed by atoms with van der Waals surface area (Å²) in [6.45, 7) is 7.30. The summed E-state index contributed by atoms with van der Waals surface area (Å²) in [6, 6.07) is 18.3. The minimum absolute atomic E-state index is 0.131. The van der Waals surface area contributed by atoms with Gasteiger partial charge in [-0.1, -0.05) is 68.2 Å². The third-order valence-electron chi connectivity index (χ3n) is 4.12. The molecule has 0 aromatic heterocycles. The van der Waals surface area contributed by atoms with Gasteiger partial charge < -0.3 is 4.90 Å². The number of para-hydroxylation sites is 1.